The lowest BCUT2D eigenvalue weighted by Gasteiger charge is -2.38. The van der Waals surface area contributed by atoms with Crippen molar-refractivity contribution in [3.63, 3.8) is 0 Å². The minimum absolute atomic E-state index is 0.569. The van der Waals surface area contributed by atoms with Gasteiger partial charge in [0.15, 0.2) is 0 Å². The number of hydrogen-bond acceptors (Lipinski definition) is 2. The number of aliphatic imine (C=N–C) groups is 1. The lowest BCUT2D eigenvalue weighted by molar-refractivity contribution is 0.143. The number of likely N-dealkylation sites (tertiary alicyclic amines) is 1. The van der Waals surface area contributed by atoms with Crippen molar-refractivity contribution in [2.24, 2.45) is 10.9 Å². The highest BCUT2D eigenvalue weighted by Gasteiger charge is 2.28. The molecule has 0 aromatic rings. The Bertz CT molecular complexity index is 230. The van der Waals surface area contributed by atoms with Gasteiger partial charge in [-0.05, 0) is 26.3 Å². The number of allylic oxidation sites excluding steroid dienone is 1. The van der Waals surface area contributed by atoms with E-state index in [0.717, 1.165) is 0 Å². The largest absolute Gasteiger partial charge is 0.300 e. The summed E-state index contributed by atoms with van der Waals surface area (Å²) >= 11 is 0. The zero-order chi connectivity index (χ0) is 9.26. The van der Waals surface area contributed by atoms with Crippen LogP contribution >= 0.6 is 0 Å². The third kappa shape index (κ3) is 1.83. The fraction of sp³-hybridized carbons (Fsp3) is 0.727. The van der Waals surface area contributed by atoms with Crippen LogP contribution in [0.3, 0.4) is 0 Å². The van der Waals surface area contributed by atoms with Crippen LogP contribution in [0.15, 0.2) is 17.1 Å². The molecule has 2 unspecified atom stereocenters. The van der Waals surface area contributed by atoms with Gasteiger partial charge in [0, 0.05) is 31.3 Å². The highest BCUT2D eigenvalue weighted by Crippen LogP contribution is 2.24. The van der Waals surface area contributed by atoms with E-state index in [1.807, 2.05) is 6.21 Å². The standard InChI is InChI=1S/C11H18N2/c1-9(2)13-7-5-11-10(8-13)4-3-6-12-11/h3-4,6,9-11H,5,7-8H2,1-2H3. The monoisotopic (exact) mass is 178 g/mol. The first-order valence-electron chi connectivity index (χ1n) is 5.21. The zero-order valence-electron chi connectivity index (χ0n) is 8.48. The summed E-state index contributed by atoms with van der Waals surface area (Å²) in [6.45, 7) is 6.95. The quantitative estimate of drug-likeness (QED) is 0.597. The summed E-state index contributed by atoms with van der Waals surface area (Å²) in [4.78, 5) is 7.05. The molecule has 0 amide bonds. The van der Waals surface area contributed by atoms with Gasteiger partial charge in [0.1, 0.15) is 0 Å². The average molecular weight is 178 g/mol. The lowest BCUT2D eigenvalue weighted by atomic mass is 9.90. The molecule has 0 N–H and O–H groups in total. The number of hydrogen-bond donors (Lipinski definition) is 0. The molecule has 2 heteroatoms. The predicted molar refractivity (Wildman–Crippen MR) is 56.2 cm³/mol. The molecule has 2 rings (SSSR count). The Morgan fingerprint density at radius 3 is 3.08 bits per heavy atom. The van der Waals surface area contributed by atoms with Crippen molar-refractivity contribution < 1.29 is 0 Å². The van der Waals surface area contributed by atoms with Crippen LogP contribution in [0.2, 0.25) is 0 Å². The summed E-state index contributed by atoms with van der Waals surface area (Å²) < 4.78 is 0. The molecule has 1 fully saturated rings. The maximum absolute atomic E-state index is 4.51. The molecule has 2 aliphatic heterocycles. The van der Waals surface area contributed by atoms with Crippen LogP contribution in [0, 0.1) is 5.92 Å². The van der Waals surface area contributed by atoms with Crippen molar-refractivity contribution in [2.75, 3.05) is 13.1 Å². The van der Waals surface area contributed by atoms with E-state index in [1.54, 1.807) is 0 Å². The molecule has 2 atom stereocenters. The van der Waals surface area contributed by atoms with Crippen LogP contribution < -0.4 is 0 Å². The van der Waals surface area contributed by atoms with E-state index in [4.69, 9.17) is 0 Å². The van der Waals surface area contributed by atoms with Gasteiger partial charge in [-0.2, -0.15) is 0 Å². The molecule has 0 aromatic heterocycles. The Morgan fingerprint density at radius 2 is 2.31 bits per heavy atom. The normalized spacial score (nSPS) is 33.8. The van der Waals surface area contributed by atoms with Crippen LogP contribution in [-0.2, 0) is 0 Å². The SMILES string of the molecule is CC(C)N1CCC2N=CC=CC2C1. The molecule has 2 heterocycles. The first-order chi connectivity index (χ1) is 6.27. The minimum atomic E-state index is 0.569. The zero-order valence-corrected chi connectivity index (χ0v) is 8.48. The van der Waals surface area contributed by atoms with Crippen LogP contribution in [-0.4, -0.2) is 36.3 Å². The van der Waals surface area contributed by atoms with Crippen molar-refractivity contribution >= 4 is 6.21 Å². The number of fused-ring (bicyclic) bond motifs is 1. The molecule has 2 aliphatic rings. The van der Waals surface area contributed by atoms with Crippen LogP contribution in [0.25, 0.3) is 0 Å². The van der Waals surface area contributed by atoms with Gasteiger partial charge >= 0.3 is 0 Å². The molecular formula is C11H18N2. The summed E-state index contributed by atoms with van der Waals surface area (Å²) in [7, 11) is 0. The Balaban J connectivity index is 2.00. The maximum atomic E-state index is 4.51. The molecule has 2 nitrogen and oxygen atoms in total. The van der Waals surface area contributed by atoms with Crippen molar-refractivity contribution in [3.8, 4) is 0 Å². The van der Waals surface area contributed by atoms with Crippen molar-refractivity contribution in [2.45, 2.75) is 32.4 Å². The fourth-order valence-corrected chi connectivity index (χ4v) is 2.19. The molecule has 72 valence electrons. The molecular weight excluding hydrogens is 160 g/mol. The number of nitrogens with zero attached hydrogens (tertiary/aromatic N) is 2. The molecule has 0 aliphatic carbocycles. The summed E-state index contributed by atoms with van der Waals surface area (Å²) in [6.07, 6.45) is 7.58. The Labute approximate surface area is 80.3 Å². The van der Waals surface area contributed by atoms with E-state index < -0.39 is 0 Å². The summed E-state index contributed by atoms with van der Waals surface area (Å²) in [5, 5.41) is 0. The summed E-state index contributed by atoms with van der Waals surface area (Å²) in [6, 6.07) is 1.25. The average Bonchev–Trinajstić information content (AvgIpc) is 2.17. The van der Waals surface area contributed by atoms with Gasteiger partial charge in [-0.15, -0.1) is 0 Å². The highest BCUT2D eigenvalue weighted by atomic mass is 15.2. The number of rotatable bonds is 1. The van der Waals surface area contributed by atoms with Gasteiger partial charge < -0.3 is 4.90 Å². The van der Waals surface area contributed by atoms with Gasteiger partial charge in [-0.25, -0.2) is 0 Å². The van der Waals surface area contributed by atoms with Crippen molar-refractivity contribution in [1.29, 1.82) is 0 Å². The summed E-state index contributed by atoms with van der Waals surface area (Å²) in [5.41, 5.74) is 0. The van der Waals surface area contributed by atoms with E-state index in [9.17, 15) is 0 Å². The number of dihydropyridines is 1. The first-order valence-corrected chi connectivity index (χ1v) is 5.21. The smallest absolute Gasteiger partial charge is 0.0586 e. The van der Waals surface area contributed by atoms with Crippen molar-refractivity contribution in [1.82, 2.24) is 4.90 Å². The van der Waals surface area contributed by atoms with E-state index in [2.05, 4.69) is 35.9 Å². The maximum Gasteiger partial charge on any atom is 0.0586 e. The van der Waals surface area contributed by atoms with Crippen molar-refractivity contribution in [3.05, 3.63) is 12.2 Å². The second kappa shape index (κ2) is 3.62. The Morgan fingerprint density at radius 1 is 1.46 bits per heavy atom. The fourth-order valence-electron chi connectivity index (χ4n) is 2.19. The van der Waals surface area contributed by atoms with Gasteiger partial charge in [-0.1, -0.05) is 6.08 Å². The third-order valence-electron chi connectivity index (χ3n) is 3.10. The molecule has 1 saturated heterocycles. The Hall–Kier alpha value is -0.630. The van der Waals surface area contributed by atoms with E-state index in [0.29, 0.717) is 18.0 Å². The Kier molecular flexibility index (Phi) is 2.49. The van der Waals surface area contributed by atoms with Crippen LogP contribution in [0.4, 0.5) is 0 Å². The molecule has 0 bridgehead atoms. The lowest BCUT2D eigenvalue weighted by Crippen LogP contribution is -2.45. The van der Waals surface area contributed by atoms with E-state index in [1.165, 1.54) is 19.5 Å². The van der Waals surface area contributed by atoms with E-state index >= 15 is 0 Å². The topological polar surface area (TPSA) is 15.6 Å². The van der Waals surface area contributed by atoms with Gasteiger partial charge in [0.2, 0.25) is 0 Å². The molecule has 13 heavy (non-hydrogen) atoms. The van der Waals surface area contributed by atoms with Gasteiger partial charge in [0.25, 0.3) is 0 Å². The predicted octanol–water partition coefficient (Wildman–Crippen LogP) is 1.73. The second-order valence-corrected chi connectivity index (χ2v) is 4.29. The number of piperidine rings is 1. The summed E-state index contributed by atoms with van der Waals surface area (Å²) in [5.74, 6) is 0.668. The molecule has 0 spiro atoms. The van der Waals surface area contributed by atoms with Crippen LogP contribution in [0.1, 0.15) is 20.3 Å². The minimum Gasteiger partial charge on any atom is -0.300 e. The first kappa shape index (κ1) is 8.95. The van der Waals surface area contributed by atoms with Gasteiger partial charge in [-0.3, -0.25) is 4.99 Å². The second-order valence-electron chi connectivity index (χ2n) is 4.29. The van der Waals surface area contributed by atoms with Gasteiger partial charge in [0.05, 0.1) is 6.04 Å². The molecule has 0 saturated carbocycles. The van der Waals surface area contributed by atoms with E-state index in [-0.39, 0.29) is 0 Å². The highest BCUT2D eigenvalue weighted by molar-refractivity contribution is 5.72. The molecule has 0 aromatic carbocycles. The molecule has 0 radical (unpaired) electrons. The third-order valence-corrected chi connectivity index (χ3v) is 3.10. The van der Waals surface area contributed by atoms with Crippen LogP contribution in [0.5, 0.6) is 0 Å².